The second-order valence-corrected chi connectivity index (χ2v) is 3.67. The molecule has 0 bridgehead atoms. The monoisotopic (exact) mass is 211 g/mol. The molecule has 1 fully saturated rings. The predicted molar refractivity (Wildman–Crippen MR) is 50.4 cm³/mol. The molecule has 1 aliphatic heterocycles. The number of tetrazole rings is 1. The third-order valence-corrected chi connectivity index (χ3v) is 2.74. The number of hydrogen-bond donors (Lipinski definition) is 1. The quantitative estimate of drug-likeness (QED) is 0.722. The van der Waals surface area contributed by atoms with Crippen molar-refractivity contribution >= 4 is 6.09 Å². The zero-order valence-corrected chi connectivity index (χ0v) is 8.50. The van der Waals surface area contributed by atoms with Crippen LogP contribution in [0.25, 0.3) is 0 Å². The molecule has 0 aromatic carbocycles. The van der Waals surface area contributed by atoms with Crippen molar-refractivity contribution in [2.45, 2.75) is 25.8 Å². The number of rotatable bonds is 1. The molecular weight excluding hydrogens is 198 g/mol. The summed E-state index contributed by atoms with van der Waals surface area (Å²) in [6.45, 7) is 2.96. The maximum atomic E-state index is 10.7. The summed E-state index contributed by atoms with van der Waals surface area (Å²) < 4.78 is 1.78. The van der Waals surface area contributed by atoms with E-state index in [1.165, 1.54) is 4.90 Å². The molecule has 0 aliphatic carbocycles. The van der Waals surface area contributed by atoms with Gasteiger partial charge in [-0.15, -0.1) is 5.10 Å². The largest absolute Gasteiger partial charge is 0.465 e. The van der Waals surface area contributed by atoms with Gasteiger partial charge in [-0.1, -0.05) is 0 Å². The van der Waals surface area contributed by atoms with Crippen LogP contribution in [0.15, 0.2) is 0 Å². The van der Waals surface area contributed by atoms with Crippen LogP contribution in [0.5, 0.6) is 0 Å². The molecule has 0 unspecified atom stereocenters. The highest BCUT2D eigenvalue weighted by Gasteiger charge is 2.24. The zero-order chi connectivity index (χ0) is 10.8. The Hall–Kier alpha value is -1.66. The van der Waals surface area contributed by atoms with Gasteiger partial charge in [-0.25, -0.2) is 9.48 Å². The Morgan fingerprint density at radius 1 is 1.47 bits per heavy atom. The van der Waals surface area contributed by atoms with Gasteiger partial charge in [0.15, 0.2) is 0 Å². The first-order valence-electron chi connectivity index (χ1n) is 4.91. The molecule has 7 nitrogen and oxygen atoms in total. The van der Waals surface area contributed by atoms with Crippen molar-refractivity contribution in [3.63, 3.8) is 0 Å². The molecule has 0 radical (unpaired) electrons. The summed E-state index contributed by atoms with van der Waals surface area (Å²) in [5.74, 6) is 0.781. The van der Waals surface area contributed by atoms with E-state index >= 15 is 0 Å². The summed E-state index contributed by atoms with van der Waals surface area (Å²) in [6.07, 6.45) is 0.706. The van der Waals surface area contributed by atoms with Crippen LogP contribution in [0.2, 0.25) is 0 Å². The van der Waals surface area contributed by atoms with Crippen LogP contribution < -0.4 is 0 Å². The van der Waals surface area contributed by atoms with Crippen LogP contribution in [0, 0.1) is 6.92 Å². The lowest BCUT2D eigenvalue weighted by Crippen LogP contribution is -2.38. The van der Waals surface area contributed by atoms with Gasteiger partial charge in [0.1, 0.15) is 5.82 Å². The molecule has 2 rings (SSSR count). The van der Waals surface area contributed by atoms with E-state index in [9.17, 15) is 4.79 Å². The van der Waals surface area contributed by atoms with Gasteiger partial charge in [-0.05, 0) is 30.2 Å². The number of aromatic nitrogens is 4. The topological polar surface area (TPSA) is 84.1 Å². The maximum Gasteiger partial charge on any atom is 0.407 e. The van der Waals surface area contributed by atoms with E-state index in [0.29, 0.717) is 13.1 Å². The summed E-state index contributed by atoms with van der Waals surface area (Å²) in [7, 11) is 0. The molecule has 1 amide bonds. The van der Waals surface area contributed by atoms with Crippen LogP contribution >= 0.6 is 0 Å². The summed E-state index contributed by atoms with van der Waals surface area (Å²) in [4.78, 5) is 12.1. The predicted octanol–water partition coefficient (Wildman–Crippen LogP) is 0.296. The van der Waals surface area contributed by atoms with Gasteiger partial charge in [0.2, 0.25) is 0 Å². The van der Waals surface area contributed by atoms with Gasteiger partial charge in [-0.3, -0.25) is 0 Å². The first-order chi connectivity index (χ1) is 7.18. The van der Waals surface area contributed by atoms with E-state index in [1.54, 1.807) is 4.68 Å². The minimum absolute atomic E-state index is 0.232. The Balaban J connectivity index is 2.00. The first-order valence-corrected chi connectivity index (χ1v) is 4.91. The number of nitrogens with zero attached hydrogens (tertiary/aromatic N) is 5. The Kier molecular flexibility index (Phi) is 2.53. The summed E-state index contributed by atoms with van der Waals surface area (Å²) in [5.41, 5.74) is 0. The average Bonchev–Trinajstić information content (AvgIpc) is 2.65. The number of amides is 1. The molecule has 1 N–H and O–H groups in total. The average molecular weight is 211 g/mol. The van der Waals surface area contributed by atoms with Crippen molar-refractivity contribution < 1.29 is 9.90 Å². The fourth-order valence-electron chi connectivity index (χ4n) is 1.88. The Morgan fingerprint density at radius 3 is 2.60 bits per heavy atom. The first kappa shape index (κ1) is 9.88. The van der Waals surface area contributed by atoms with Crippen molar-refractivity contribution in [3.05, 3.63) is 5.82 Å². The molecular formula is C8H13N5O2. The van der Waals surface area contributed by atoms with Crippen molar-refractivity contribution in [3.8, 4) is 0 Å². The smallest absolute Gasteiger partial charge is 0.407 e. The number of carboxylic acid groups (broad SMARTS) is 1. The van der Waals surface area contributed by atoms with Crippen molar-refractivity contribution in [1.29, 1.82) is 0 Å². The van der Waals surface area contributed by atoms with E-state index < -0.39 is 6.09 Å². The van der Waals surface area contributed by atoms with E-state index in [0.717, 1.165) is 18.7 Å². The second-order valence-electron chi connectivity index (χ2n) is 3.67. The van der Waals surface area contributed by atoms with Crippen molar-refractivity contribution in [2.75, 3.05) is 13.1 Å². The molecule has 82 valence electrons. The van der Waals surface area contributed by atoms with Crippen molar-refractivity contribution in [1.82, 2.24) is 25.1 Å². The Labute approximate surface area is 86.7 Å². The SMILES string of the molecule is Cc1nnnn1C1CCN(C(=O)O)CC1. The van der Waals surface area contributed by atoms with Gasteiger partial charge in [0.25, 0.3) is 0 Å². The molecule has 7 heteroatoms. The van der Waals surface area contributed by atoms with E-state index in [1.807, 2.05) is 6.92 Å². The molecule has 2 heterocycles. The fourth-order valence-corrected chi connectivity index (χ4v) is 1.88. The van der Waals surface area contributed by atoms with E-state index in [-0.39, 0.29) is 6.04 Å². The maximum absolute atomic E-state index is 10.7. The zero-order valence-electron chi connectivity index (χ0n) is 8.50. The third kappa shape index (κ3) is 1.90. The van der Waals surface area contributed by atoms with Gasteiger partial charge in [-0.2, -0.15) is 0 Å². The molecule has 0 atom stereocenters. The van der Waals surface area contributed by atoms with Gasteiger partial charge in [0.05, 0.1) is 6.04 Å². The Bertz CT molecular complexity index is 356. The summed E-state index contributed by atoms with van der Waals surface area (Å²) in [5, 5.41) is 20.1. The molecule has 1 aromatic heterocycles. The molecule has 0 saturated carbocycles. The highest BCUT2D eigenvalue weighted by Crippen LogP contribution is 2.21. The van der Waals surface area contributed by atoms with Gasteiger partial charge >= 0.3 is 6.09 Å². The van der Waals surface area contributed by atoms with Gasteiger partial charge in [0, 0.05) is 13.1 Å². The number of likely N-dealkylation sites (tertiary alicyclic amines) is 1. The molecule has 0 spiro atoms. The molecule has 1 aromatic rings. The standard InChI is InChI=1S/C8H13N5O2/c1-6-9-10-11-13(6)7-2-4-12(5-3-7)8(14)15/h7H,2-5H2,1H3,(H,14,15). The van der Waals surface area contributed by atoms with Crippen LogP contribution in [0.1, 0.15) is 24.7 Å². The Morgan fingerprint density at radius 2 is 2.13 bits per heavy atom. The summed E-state index contributed by atoms with van der Waals surface area (Å²) >= 11 is 0. The molecule has 1 saturated heterocycles. The number of aryl methyl sites for hydroxylation is 1. The molecule has 15 heavy (non-hydrogen) atoms. The van der Waals surface area contributed by atoms with Crippen LogP contribution in [-0.4, -0.2) is 49.4 Å². The number of piperidine rings is 1. The summed E-state index contributed by atoms with van der Waals surface area (Å²) in [6, 6.07) is 0.232. The van der Waals surface area contributed by atoms with Crippen LogP contribution in [0.3, 0.4) is 0 Å². The lowest BCUT2D eigenvalue weighted by atomic mass is 10.1. The lowest BCUT2D eigenvalue weighted by Gasteiger charge is -2.29. The minimum atomic E-state index is -0.845. The fraction of sp³-hybridized carbons (Fsp3) is 0.750. The van der Waals surface area contributed by atoms with Crippen LogP contribution in [-0.2, 0) is 0 Å². The van der Waals surface area contributed by atoms with Crippen molar-refractivity contribution in [2.24, 2.45) is 0 Å². The second kappa shape index (κ2) is 3.84. The van der Waals surface area contributed by atoms with E-state index in [2.05, 4.69) is 15.5 Å². The lowest BCUT2D eigenvalue weighted by molar-refractivity contribution is 0.123. The third-order valence-electron chi connectivity index (χ3n) is 2.74. The number of hydrogen-bond acceptors (Lipinski definition) is 4. The minimum Gasteiger partial charge on any atom is -0.465 e. The van der Waals surface area contributed by atoms with Gasteiger partial charge < -0.3 is 10.0 Å². The highest BCUT2D eigenvalue weighted by molar-refractivity contribution is 5.64. The highest BCUT2D eigenvalue weighted by atomic mass is 16.4. The van der Waals surface area contributed by atoms with E-state index in [4.69, 9.17) is 5.11 Å². The molecule has 1 aliphatic rings. The normalized spacial score (nSPS) is 18.1. The number of carbonyl (C=O) groups is 1. The van der Waals surface area contributed by atoms with Crippen LogP contribution in [0.4, 0.5) is 4.79 Å².